The van der Waals surface area contributed by atoms with Gasteiger partial charge in [0.1, 0.15) is 11.5 Å². The fraction of sp³-hybridized carbons (Fsp3) is 0.458. The summed E-state index contributed by atoms with van der Waals surface area (Å²) in [5.74, 6) is 1.24. The van der Waals surface area contributed by atoms with Gasteiger partial charge < -0.3 is 24.3 Å². The highest BCUT2D eigenvalue weighted by Crippen LogP contribution is 2.34. The molecule has 0 saturated heterocycles. The SMILES string of the molecule is COc1ccc(OC)c(NC(=O)CN(C2CCCCC2)S(=O)(=O)c2ccc(OC)c(OC)c2)c1. The third-order valence-corrected chi connectivity index (χ3v) is 7.82. The maximum atomic E-state index is 13.7. The number of rotatable bonds is 10. The highest BCUT2D eigenvalue weighted by molar-refractivity contribution is 7.89. The number of nitrogens with one attached hydrogen (secondary N) is 1. The summed E-state index contributed by atoms with van der Waals surface area (Å²) in [5.41, 5.74) is 0.402. The molecule has 0 aromatic heterocycles. The van der Waals surface area contributed by atoms with Crippen LogP contribution in [0.2, 0.25) is 0 Å². The monoisotopic (exact) mass is 492 g/mol. The second kappa shape index (κ2) is 11.4. The van der Waals surface area contributed by atoms with Crippen molar-refractivity contribution in [2.45, 2.75) is 43.0 Å². The summed E-state index contributed by atoms with van der Waals surface area (Å²) in [4.78, 5) is 13.1. The minimum absolute atomic E-state index is 0.0440. The predicted molar refractivity (Wildman–Crippen MR) is 128 cm³/mol. The highest BCUT2D eigenvalue weighted by Gasteiger charge is 2.34. The molecule has 1 aliphatic rings. The highest BCUT2D eigenvalue weighted by atomic mass is 32.2. The standard InChI is InChI=1S/C24H32N2O7S/c1-30-18-10-12-21(31-2)20(14-18)25-24(27)16-26(17-8-6-5-7-9-17)34(28,29)19-11-13-22(32-3)23(15-19)33-4/h10-15,17H,5-9,16H2,1-4H3,(H,25,27). The number of benzene rings is 2. The van der Waals surface area contributed by atoms with Crippen molar-refractivity contribution in [3.05, 3.63) is 36.4 Å². The van der Waals surface area contributed by atoms with Crippen molar-refractivity contribution in [1.82, 2.24) is 4.31 Å². The second-order valence-corrected chi connectivity index (χ2v) is 9.86. The number of carbonyl (C=O) groups is 1. The van der Waals surface area contributed by atoms with E-state index in [0.29, 0.717) is 41.5 Å². The number of carbonyl (C=O) groups excluding carboxylic acids is 1. The molecular formula is C24H32N2O7S. The largest absolute Gasteiger partial charge is 0.497 e. The summed E-state index contributed by atoms with van der Waals surface area (Å²) in [6.07, 6.45) is 4.26. The number of hydrogen-bond donors (Lipinski definition) is 1. The zero-order valence-corrected chi connectivity index (χ0v) is 20.8. The molecule has 1 fully saturated rings. The first kappa shape index (κ1) is 25.6. The Bertz CT molecular complexity index is 1100. The van der Waals surface area contributed by atoms with Crippen LogP contribution in [0.25, 0.3) is 0 Å². The molecule has 1 saturated carbocycles. The molecule has 3 rings (SSSR count). The van der Waals surface area contributed by atoms with E-state index >= 15 is 0 Å². The van der Waals surface area contributed by atoms with E-state index in [1.807, 2.05) is 0 Å². The van der Waals surface area contributed by atoms with Crippen LogP contribution in [0.4, 0.5) is 5.69 Å². The Morgan fingerprint density at radius 1 is 0.882 bits per heavy atom. The number of amides is 1. The fourth-order valence-corrected chi connectivity index (χ4v) is 5.79. The van der Waals surface area contributed by atoms with E-state index in [2.05, 4.69) is 5.32 Å². The van der Waals surface area contributed by atoms with Crippen molar-refractivity contribution in [2.24, 2.45) is 0 Å². The lowest BCUT2D eigenvalue weighted by Gasteiger charge is -2.33. The van der Waals surface area contributed by atoms with E-state index in [4.69, 9.17) is 18.9 Å². The van der Waals surface area contributed by atoms with Gasteiger partial charge in [0, 0.05) is 18.2 Å². The summed E-state index contributed by atoms with van der Waals surface area (Å²) in [6, 6.07) is 9.18. The Kier molecular flexibility index (Phi) is 8.62. The quantitative estimate of drug-likeness (QED) is 0.540. The molecule has 0 atom stereocenters. The molecule has 0 radical (unpaired) electrons. The molecule has 1 aliphatic carbocycles. The van der Waals surface area contributed by atoms with Gasteiger partial charge in [-0.05, 0) is 37.1 Å². The van der Waals surface area contributed by atoms with Crippen LogP contribution in [0.1, 0.15) is 32.1 Å². The summed E-state index contributed by atoms with van der Waals surface area (Å²) >= 11 is 0. The van der Waals surface area contributed by atoms with Crippen molar-refractivity contribution < 1.29 is 32.2 Å². The topological polar surface area (TPSA) is 103 Å². The Hall–Kier alpha value is -2.98. The Morgan fingerprint density at radius 3 is 2.15 bits per heavy atom. The third-order valence-electron chi connectivity index (χ3n) is 5.92. The van der Waals surface area contributed by atoms with Gasteiger partial charge in [-0.1, -0.05) is 19.3 Å². The molecule has 10 heteroatoms. The van der Waals surface area contributed by atoms with Gasteiger partial charge >= 0.3 is 0 Å². The predicted octanol–water partition coefficient (Wildman–Crippen LogP) is 3.68. The normalized spacial score (nSPS) is 14.5. The second-order valence-electron chi connectivity index (χ2n) is 7.97. The Labute approximate surface area is 201 Å². The molecule has 1 N–H and O–H groups in total. The van der Waals surface area contributed by atoms with Gasteiger partial charge in [0.25, 0.3) is 0 Å². The van der Waals surface area contributed by atoms with E-state index < -0.39 is 15.9 Å². The van der Waals surface area contributed by atoms with Gasteiger partial charge in [-0.2, -0.15) is 4.31 Å². The minimum atomic E-state index is -3.99. The zero-order valence-electron chi connectivity index (χ0n) is 20.0. The summed E-state index contributed by atoms with van der Waals surface area (Å²) in [7, 11) is 1.95. The van der Waals surface area contributed by atoms with Crippen LogP contribution in [-0.4, -0.2) is 59.7 Å². The van der Waals surface area contributed by atoms with Crippen LogP contribution in [0, 0.1) is 0 Å². The van der Waals surface area contributed by atoms with Gasteiger partial charge in [0.15, 0.2) is 11.5 Å². The number of methoxy groups -OCH3 is 4. The summed E-state index contributed by atoms with van der Waals surface area (Å²) < 4.78 is 49.8. The number of ether oxygens (including phenoxy) is 4. The average Bonchev–Trinajstić information content (AvgIpc) is 2.87. The number of nitrogens with zero attached hydrogens (tertiary/aromatic N) is 1. The van der Waals surface area contributed by atoms with Crippen LogP contribution in [-0.2, 0) is 14.8 Å². The van der Waals surface area contributed by atoms with Crippen molar-refractivity contribution in [2.75, 3.05) is 40.3 Å². The van der Waals surface area contributed by atoms with Gasteiger partial charge in [0.05, 0.1) is 45.6 Å². The molecule has 34 heavy (non-hydrogen) atoms. The minimum Gasteiger partial charge on any atom is -0.497 e. The maximum Gasteiger partial charge on any atom is 0.243 e. The van der Waals surface area contributed by atoms with E-state index in [1.165, 1.54) is 44.9 Å². The molecule has 186 valence electrons. The molecule has 9 nitrogen and oxygen atoms in total. The van der Waals surface area contributed by atoms with Crippen molar-refractivity contribution in [3.63, 3.8) is 0 Å². The van der Waals surface area contributed by atoms with Gasteiger partial charge in [-0.15, -0.1) is 0 Å². The molecule has 1 amide bonds. The van der Waals surface area contributed by atoms with E-state index in [1.54, 1.807) is 24.3 Å². The Morgan fingerprint density at radius 2 is 1.53 bits per heavy atom. The maximum absolute atomic E-state index is 13.7. The van der Waals surface area contributed by atoms with Gasteiger partial charge in [0.2, 0.25) is 15.9 Å². The molecule has 0 heterocycles. The molecule has 0 spiro atoms. The third kappa shape index (κ3) is 5.74. The first-order chi connectivity index (χ1) is 16.3. The zero-order chi connectivity index (χ0) is 24.7. The van der Waals surface area contributed by atoms with Crippen LogP contribution < -0.4 is 24.3 Å². The van der Waals surface area contributed by atoms with E-state index in [-0.39, 0.29) is 17.5 Å². The fourth-order valence-electron chi connectivity index (χ4n) is 4.13. The Balaban J connectivity index is 1.92. The average molecular weight is 493 g/mol. The van der Waals surface area contributed by atoms with Crippen molar-refractivity contribution >= 4 is 21.6 Å². The van der Waals surface area contributed by atoms with Crippen LogP contribution in [0.3, 0.4) is 0 Å². The van der Waals surface area contributed by atoms with Crippen LogP contribution in [0.5, 0.6) is 23.0 Å². The smallest absolute Gasteiger partial charge is 0.243 e. The van der Waals surface area contributed by atoms with Crippen LogP contribution in [0.15, 0.2) is 41.3 Å². The number of sulfonamides is 1. The lowest BCUT2D eigenvalue weighted by molar-refractivity contribution is -0.116. The molecular weight excluding hydrogens is 460 g/mol. The van der Waals surface area contributed by atoms with Crippen LogP contribution >= 0.6 is 0 Å². The van der Waals surface area contributed by atoms with E-state index in [9.17, 15) is 13.2 Å². The molecule has 0 aliphatic heterocycles. The summed E-state index contributed by atoms with van der Waals surface area (Å²) in [6.45, 7) is -0.332. The molecule has 0 unspecified atom stereocenters. The number of hydrogen-bond acceptors (Lipinski definition) is 7. The molecule has 2 aromatic carbocycles. The summed E-state index contributed by atoms with van der Waals surface area (Å²) in [5, 5.41) is 2.78. The van der Waals surface area contributed by atoms with E-state index in [0.717, 1.165) is 19.3 Å². The van der Waals surface area contributed by atoms with Crippen molar-refractivity contribution in [3.8, 4) is 23.0 Å². The molecule has 0 bridgehead atoms. The van der Waals surface area contributed by atoms with Gasteiger partial charge in [-0.25, -0.2) is 8.42 Å². The number of anilines is 1. The van der Waals surface area contributed by atoms with Crippen molar-refractivity contribution in [1.29, 1.82) is 0 Å². The first-order valence-corrected chi connectivity index (χ1v) is 12.5. The molecule has 2 aromatic rings. The lowest BCUT2D eigenvalue weighted by atomic mass is 9.95. The first-order valence-electron chi connectivity index (χ1n) is 11.1. The van der Waals surface area contributed by atoms with Gasteiger partial charge in [-0.3, -0.25) is 4.79 Å². The lowest BCUT2D eigenvalue weighted by Crippen LogP contribution is -2.45.